The molecule has 9 rings (SSSR count). The summed E-state index contributed by atoms with van der Waals surface area (Å²) in [5.74, 6) is 0.421. The van der Waals surface area contributed by atoms with E-state index in [-0.39, 0.29) is 68.8 Å². The number of aryl methyl sites for hydroxylation is 2. The first kappa shape index (κ1) is 49.5. The smallest absolute Gasteiger partial charge is 0.416 e. The summed E-state index contributed by atoms with van der Waals surface area (Å²) in [5.41, 5.74) is 5.13. The Morgan fingerprint density at radius 2 is 1.65 bits per heavy atom. The zero-order valence-electron chi connectivity index (χ0n) is 40.4. The zero-order valence-corrected chi connectivity index (χ0v) is 40.4. The molecule has 1 saturated heterocycles. The van der Waals surface area contributed by atoms with E-state index in [2.05, 4.69) is 32.6 Å². The highest BCUT2D eigenvalue weighted by Gasteiger charge is 2.66. The first-order chi connectivity index (χ1) is 34.6. The van der Waals surface area contributed by atoms with Gasteiger partial charge in [0.2, 0.25) is 18.9 Å². The predicted octanol–water partition coefficient (Wildman–Crippen LogP) is 10.6. The van der Waals surface area contributed by atoms with E-state index in [0.29, 0.717) is 65.9 Å². The number of unbranched alkanes of at least 4 members (excludes halogenated alkanes) is 2. The minimum absolute atomic E-state index is 0.00612. The van der Waals surface area contributed by atoms with E-state index in [4.69, 9.17) is 43.2 Å². The SMILES string of the molecule is C=CCOC12Oc3ccc(Oc4ccc(C)c(C)c4)cc3C3C(CCCCO)C(CCCCO)C=C(C(=NOC4CCCCO4)CC1N(Cc1ccc4c(c1)OCO4)C(=O)Oc1ccc([N+](=O)[O-])cc1)C32. The van der Waals surface area contributed by atoms with Gasteiger partial charge in [0.05, 0.1) is 29.8 Å². The summed E-state index contributed by atoms with van der Waals surface area (Å²) < 4.78 is 44.9. The van der Waals surface area contributed by atoms with Crippen molar-refractivity contribution in [3.05, 3.63) is 136 Å². The van der Waals surface area contributed by atoms with Crippen LogP contribution in [0.15, 0.2) is 108 Å². The molecule has 0 spiro atoms. The number of carbonyl (C=O) groups is 1. The second kappa shape index (κ2) is 22.3. The summed E-state index contributed by atoms with van der Waals surface area (Å²) in [6.07, 6.45) is 9.44. The van der Waals surface area contributed by atoms with E-state index in [0.717, 1.165) is 60.8 Å². The minimum atomic E-state index is -1.62. The Kier molecular flexibility index (Phi) is 15.6. The number of aliphatic hydroxyl groups is 2. The van der Waals surface area contributed by atoms with Crippen LogP contribution < -0.4 is 23.7 Å². The number of nitro benzene ring substituents is 1. The minimum Gasteiger partial charge on any atom is -0.459 e. The fourth-order valence-electron chi connectivity index (χ4n) is 10.9. The molecular weight excluding hydrogens is 911 g/mol. The molecule has 7 atom stereocenters. The molecule has 1 amide bonds. The molecule has 0 bridgehead atoms. The van der Waals surface area contributed by atoms with Gasteiger partial charge in [0.25, 0.3) is 5.69 Å². The van der Waals surface area contributed by atoms with Crippen molar-refractivity contribution in [3.8, 4) is 34.5 Å². The van der Waals surface area contributed by atoms with E-state index in [9.17, 15) is 20.3 Å². The molecule has 2 aliphatic carbocycles. The quantitative estimate of drug-likeness (QED) is 0.0369. The van der Waals surface area contributed by atoms with Gasteiger partial charge >= 0.3 is 6.09 Å². The number of hydrogen-bond acceptors (Lipinski definition) is 14. The molecule has 71 heavy (non-hydrogen) atoms. The Balaban J connectivity index is 1.24. The van der Waals surface area contributed by atoms with E-state index in [1.807, 2.05) is 42.5 Å². The number of allylic oxidation sites excluding steroid dienone is 1. The second-order valence-electron chi connectivity index (χ2n) is 19.0. The third kappa shape index (κ3) is 10.8. The molecule has 0 aromatic heterocycles. The highest BCUT2D eigenvalue weighted by molar-refractivity contribution is 6.03. The van der Waals surface area contributed by atoms with Crippen molar-refractivity contribution in [2.75, 3.05) is 33.2 Å². The molecule has 376 valence electrons. The average Bonchev–Trinajstić information content (AvgIpc) is 3.85. The molecule has 1 saturated carbocycles. The Morgan fingerprint density at radius 3 is 2.39 bits per heavy atom. The van der Waals surface area contributed by atoms with Gasteiger partial charge in [-0.25, -0.2) is 4.79 Å². The number of nitrogens with zero attached hydrogens (tertiary/aromatic N) is 3. The monoisotopic (exact) mass is 973 g/mol. The summed E-state index contributed by atoms with van der Waals surface area (Å²) in [5, 5.41) is 36.7. The van der Waals surface area contributed by atoms with Gasteiger partial charge in [0.1, 0.15) is 29.0 Å². The molecule has 16 heteroatoms. The molecule has 16 nitrogen and oxygen atoms in total. The van der Waals surface area contributed by atoms with E-state index < -0.39 is 35.1 Å². The van der Waals surface area contributed by atoms with Crippen LogP contribution in [-0.2, 0) is 20.9 Å². The summed E-state index contributed by atoms with van der Waals surface area (Å²) in [6, 6.07) is 21.7. The first-order valence-electron chi connectivity index (χ1n) is 24.8. The van der Waals surface area contributed by atoms with Crippen molar-refractivity contribution in [3.63, 3.8) is 0 Å². The zero-order chi connectivity index (χ0) is 49.5. The van der Waals surface area contributed by atoms with Gasteiger partial charge in [-0.1, -0.05) is 42.3 Å². The Hall–Kier alpha value is -6.46. The number of non-ortho nitro benzene ring substituents is 1. The number of amides is 1. The molecule has 4 aromatic carbocycles. The van der Waals surface area contributed by atoms with Crippen LogP contribution in [0.3, 0.4) is 0 Å². The van der Waals surface area contributed by atoms with Gasteiger partial charge in [-0.2, -0.15) is 0 Å². The average molecular weight is 974 g/mol. The first-order valence-corrected chi connectivity index (χ1v) is 24.8. The lowest BCUT2D eigenvalue weighted by Crippen LogP contribution is -2.70. The van der Waals surface area contributed by atoms with Crippen molar-refractivity contribution in [2.45, 2.75) is 109 Å². The lowest BCUT2D eigenvalue weighted by molar-refractivity contribution is -0.384. The van der Waals surface area contributed by atoms with Gasteiger partial charge < -0.3 is 48.2 Å². The predicted molar refractivity (Wildman–Crippen MR) is 263 cm³/mol. The molecule has 2 fully saturated rings. The summed E-state index contributed by atoms with van der Waals surface area (Å²) in [7, 11) is 0. The molecule has 7 unspecified atom stereocenters. The Labute approximate surface area is 413 Å². The van der Waals surface area contributed by atoms with Crippen LogP contribution in [0.4, 0.5) is 10.5 Å². The fraction of sp³-hybridized carbons (Fsp3) is 0.455. The van der Waals surface area contributed by atoms with E-state index in [1.54, 1.807) is 17.0 Å². The number of fused-ring (bicyclic) bond motifs is 3. The second-order valence-corrected chi connectivity index (χ2v) is 19.0. The third-order valence-corrected chi connectivity index (χ3v) is 14.4. The van der Waals surface area contributed by atoms with Crippen molar-refractivity contribution in [2.24, 2.45) is 22.9 Å². The largest absolute Gasteiger partial charge is 0.459 e. The lowest BCUT2D eigenvalue weighted by atomic mass is 9.55. The fourth-order valence-corrected chi connectivity index (χ4v) is 10.9. The molecule has 5 aliphatic rings. The van der Waals surface area contributed by atoms with Crippen LogP contribution in [0.5, 0.6) is 34.5 Å². The highest BCUT2D eigenvalue weighted by atomic mass is 16.8. The normalized spacial score (nSPS) is 24.5. The Morgan fingerprint density at radius 1 is 0.901 bits per heavy atom. The number of aliphatic hydroxyl groups excluding tert-OH is 2. The number of oxime groups is 1. The topological polar surface area (TPSA) is 190 Å². The van der Waals surface area contributed by atoms with Crippen LogP contribution in [0, 0.1) is 41.7 Å². The number of carbonyl (C=O) groups excluding carboxylic acids is 1. The maximum Gasteiger partial charge on any atom is 0.416 e. The van der Waals surface area contributed by atoms with E-state index >= 15 is 4.79 Å². The van der Waals surface area contributed by atoms with Gasteiger partial charge in [0.15, 0.2) is 11.5 Å². The van der Waals surface area contributed by atoms with Crippen molar-refractivity contribution < 1.29 is 57.9 Å². The molecule has 4 aromatic rings. The van der Waals surface area contributed by atoms with Crippen LogP contribution in [0.25, 0.3) is 0 Å². The van der Waals surface area contributed by atoms with Crippen LogP contribution >= 0.6 is 0 Å². The van der Waals surface area contributed by atoms with Gasteiger partial charge in [-0.3, -0.25) is 15.0 Å². The number of nitro groups is 1. The highest BCUT2D eigenvalue weighted by Crippen LogP contribution is 2.62. The lowest BCUT2D eigenvalue weighted by Gasteiger charge is -2.59. The molecule has 3 aliphatic heterocycles. The summed E-state index contributed by atoms with van der Waals surface area (Å²) in [6.45, 7) is 8.90. The van der Waals surface area contributed by atoms with Crippen LogP contribution in [-0.4, -0.2) is 83.2 Å². The maximum atomic E-state index is 15.3. The maximum absolute atomic E-state index is 15.3. The van der Waals surface area contributed by atoms with Crippen LogP contribution in [0.1, 0.15) is 92.4 Å². The third-order valence-electron chi connectivity index (χ3n) is 14.4. The molecule has 0 radical (unpaired) electrons. The number of rotatable bonds is 20. The number of hydrogen-bond donors (Lipinski definition) is 2. The van der Waals surface area contributed by atoms with Gasteiger partial charge in [-0.15, -0.1) is 6.58 Å². The standard InChI is InChI=1S/C55H63N3O13/c1-4-26-67-55-50(57(33-37-15-22-48-49(29-37)66-34-65-48)54(61)69-40-19-16-39(17-20-40)58(62)63)32-46(56-71-51-13-7-10-27-64-51)44-30-38(11-5-8-24-59)43(12-6-9-25-60)52(53(44)55)45-31-42(21-23-47(45)70-55)68-41-18-14-35(2)36(3)28-41/h4,14-23,28-31,38,43,50-53,59-60H,1,5-13,24-27,32-34H2,2-3H3. The summed E-state index contributed by atoms with van der Waals surface area (Å²) >= 11 is 0. The van der Waals surface area contributed by atoms with Gasteiger partial charge in [0, 0.05) is 56.2 Å². The van der Waals surface area contributed by atoms with Crippen molar-refractivity contribution in [1.82, 2.24) is 4.90 Å². The van der Waals surface area contributed by atoms with Crippen molar-refractivity contribution >= 4 is 17.5 Å². The Bertz CT molecular complexity index is 2610. The molecule has 2 N–H and O–H groups in total. The molecular formula is C55H63N3O13. The van der Waals surface area contributed by atoms with E-state index in [1.165, 1.54) is 24.3 Å². The van der Waals surface area contributed by atoms with Crippen LogP contribution in [0.2, 0.25) is 0 Å². The number of benzene rings is 4. The summed E-state index contributed by atoms with van der Waals surface area (Å²) in [4.78, 5) is 34.3. The molecule has 3 heterocycles. The van der Waals surface area contributed by atoms with Gasteiger partial charge in [-0.05, 0) is 141 Å². The number of ether oxygens (including phenoxy) is 7. The van der Waals surface area contributed by atoms with Crippen molar-refractivity contribution in [1.29, 1.82) is 0 Å².